The monoisotopic (exact) mass is 344 g/mol. The second-order valence-corrected chi connectivity index (χ2v) is 6.68. The maximum atomic E-state index is 12.8. The molecule has 2 aromatic carbocycles. The largest absolute Gasteiger partial charge is 0.351 e. The van der Waals surface area contributed by atoms with Crippen LogP contribution in [-0.4, -0.2) is 11.9 Å². The van der Waals surface area contributed by atoms with E-state index in [-0.39, 0.29) is 24.4 Å². The predicted molar refractivity (Wildman–Crippen MR) is 100 cm³/mol. The maximum absolute atomic E-state index is 12.8. The van der Waals surface area contributed by atoms with Gasteiger partial charge in [-0.3, -0.25) is 4.79 Å². The van der Waals surface area contributed by atoms with Gasteiger partial charge in [0.2, 0.25) is 5.91 Å². The molecule has 1 fully saturated rings. The molecule has 3 N–H and O–H groups in total. The molecule has 0 heterocycles. The quantitative estimate of drug-likeness (QED) is 0.843. The number of hydrogen-bond acceptors (Lipinski definition) is 2. The zero-order chi connectivity index (χ0) is 16.3. The van der Waals surface area contributed by atoms with Gasteiger partial charge in [0.15, 0.2) is 0 Å². The lowest BCUT2D eigenvalue weighted by Crippen LogP contribution is -2.53. The Morgan fingerprint density at radius 3 is 2.21 bits per heavy atom. The lowest BCUT2D eigenvalue weighted by atomic mass is 9.91. The molecule has 0 radical (unpaired) electrons. The third kappa shape index (κ3) is 4.37. The van der Waals surface area contributed by atoms with E-state index in [1.807, 2.05) is 48.5 Å². The minimum atomic E-state index is -1.01. The summed E-state index contributed by atoms with van der Waals surface area (Å²) in [6, 6.07) is 20.0. The summed E-state index contributed by atoms with van der Waals surface area (Å²) < 4.78 is 0. The fourth-order valence-electron chi connectivity index (χ4n) is 2.94. The highest BCUT2D eigenvalue weighted by atomic mass is 35.5. The Balaban J connectivity index is 0.00000208. The molecule has 4 heteroatoms. The number of carbonyl (C=O) groups is 1. The zero-order valence-electron chi connectivity index (χ0n) is 13.9. The Bertz CT molecular complexity index is 654. The van der Waals surface area contributed by atoms with Gasteiger partial charge in [0.25, 0.3) is 0 Å². The third-order valence-corrected chi connectivity index (χ3v) is 4.65. The summed E-state index contributed by atoms with van der Waals surface area (Å²) in [7, 11) is 0. The van der Waals surface area contributed by atoms with Crippen LogP contribution in [0.25, 0.3) is 0 Å². The summed E-state index contributed by atoms with van der Waals surface area (Å²) >= 11 is 0. The van der Waals surface area contributed by atoms with Crippen molar-refractivity contribution in [2.75, 3.05) is 0 Å². The Morgan fingerprint density at radius 2 is 1.67 bits per heavy atom. The Kier molecular flexibility index (Phi) is 6.03. The van der Waals surface area contributed by atoms with Crippen LogP contribution in [0.1, 0.15) is 30.9 Å². The summed E-state index contributed by atoms with van der Waals surface area (Å²) in [6.07, 6.45) is 3.23. The Hall–Kier alpha value is -1.84. The fraction of sp³-hybridized carbons (Fsp3) is 0.350. The maximum Gasteiger partial charge on any atom is 0.244 e. The highest BCUT2D eigenvalue weighted by Gasteiger charge is 2.37. The van der Waals surface area contributed by atoms with Gasteiger partial charge >= 0.3 is 0 Å². The van der Waals surface area contributed by atoms with Crippen molar-refractivity contribution in [3.63, 3.8) is 0 Å². The molecule has 2 atom stereocenters. The molecule has 1 saturated carbocycles. The molecule has 0 saturated heterocycles. The first-order valence-corrected chi connectivity index (χ1v) is 8.26. The Morgan fingerprint density at radius 1 is 1.12 bits per heavy atom. The van der Waals surface area contributed by atoms with Crippen molar-refractivity contribution in [2.45, 2.75) is 37.8 Å². The normalized spacial score (nSPS) is 17.2. The molecule has 1 amide bonds. The number of carbonyl (C=O) groups excluding carboxylic acids is 1. The van der Waals surface area contributed by atoms with E-state index in [9.17, 15) is 4.79 Å². The summed E-state index contributed by atoms with van der Waals surface area (Å²) in [5.41, 5.74) is 7.42. The lowest BCUT2D eigenvalue weighted by Gasteiger charge is -2.28. The van der Waals surface area contributed by atoms with Gasteiger partial charge in [-0.25, -0.2) is 0 Å². The van der Waals surface area contributed by atoms with Crippen LogP contribution in [0.3, 0.4) is 0 Å². The van der Waals surface area contributed by atoms with Crippen LogP contribution in [0, 0.1) is 5.92 Å². The van der Waals surface area contributed by atoms with Gasteiger partial charge in [0, 0.05) is 6.04 Å². The standard InChI is InChI=1S/C20H24N2O.ClH/c1-20(21,17-10-6-3-7-11-17)19(23)22-18(16-12-13-16)14-15-8-4-2-5-9-15;/h2-11,16,18H,12-14,21H2,1H3,(H,22,23);1H. The van der Waals surface area contributed by atoms with E-state index in [2.05, 4.69) is 17.4 Å². The zero-order valence-corrected chi connectivity index (χ0v) is 14.8. The number of rotatable bonds is 6. The van der Waals surface area contributed by atoms with Crippen LogP contribution in [0.2, 0.25) is 0 Å². The molecule has 1 aliphatic carbocycles. The van der Waals surface area contributed by atoms with Crippen LogP contribution < -0.4 is 11.1 Å². The first-order chi connectivity index (χ1) is 11.1. The van der Waals surface area contributed by atoms with E-state index in [0.717, 1.165) is 12.0 Å². The molecule has 0 bridgehead atoms. The van der Waals surface area contributed by atoms with Gasteiger partial charge in [-0.05, 0) is 43.2 Å². The molecular weight excluding hydrogens is 320 g/mol. The van der Waals surface area contributed by atoms with Crippen molar-refractivity contribution in [1.29, 1.82) is 0 Å². The van der Waals surface area contributed by atoms with Crippen LogP contribution in [0.15, 0.2) is 60.7 Å². The van der Waals surface area contributed by atoms with Crippen molar-refractivity contribution in [2.24, 2.45) is 11.7 Å². The molecule has 0 spiro atoms. The van der Waals surface area contributed by atoms with Gasteiger partial charge in [-0.1, -0.05) is 60.7 Å². The minimum absolute atomic E-state index is 0. The SMILES string of the molecule is CC(N)(C(=O)NC(Cc1ccccc1)C1CC1)c1ccccc1.Cl. The second-order valence-electron chi connectivity index (χ2n) is 6.68. The van der Waals surface area contributed by atoms with E-state index >= 15 is 0 Å². The molecule has 3 rings (SSSR count). The first kappa shape index (κ1) is 18.5. The predicted octanol–water partition coefficient (Wildman–Crippen LogP) is 3.42. The van der Waals surface area contributed by atoms with Crippen molar-refractivity contribution in [1.82, 2.24) is 5.32 Å². The summed E-state index contributed by atoms with van der Waals surface area (Å²) in [5.74, 6) is 0.474. The van der Waals surface area contributed by atoms with Crippen LogP contribution in [-0.2, 0) is 16.8 Å². The van der Waals surface area contributed by atoms with Gasteiger partial charge in [0.05, 0.1) is 0 Å². The smallest absolute Gasteiger partial charge is 0.244 e. The summed E-state index contributed by atoms with van der Waals surface area (Å²) in [5, 5.41) is 3.20. The van der Waals surface area contributed by atoms with Crippen LogP contribution in [0.5, 0.6) is 0 Å². The first-order valence-electron chi connectivity index (χ1n) is 8.26. The van der Waals surface area contributed by atoms with Crippen molar-refractivity contribution < 1.29 is 4.79 Å². The van der Waals surface area contributed by atoms with Gasteiger partial charge in [0.1, 0.15) is 5.54 Å². The third-order valence-electron chi connectivity index (χ3n) is 4.65. The highest BCUT2D eigenvalue weighted by Crippen LogP contribution is 2.34. The number of benzene rings is 2. The van der Waals surface area contributed by atoms with Crippen LogP contribution in [0.4, 0.5) is 0 Å². The number of nitrogens with one attached hydrogen (secondary N) is 1. The van der Waals surface area contributed by atoms with Crippen LogP contribution >= 0.6 is 12.4 Å². The van der Waals surface area contributed by atoms with Gasteiger partial charge < -0.3 is 11.1 Å². The number of halogens is 1. The van der Waals surface area contributed by atoms with Crippen molar-refractivity contribution in [3.8, 4) is 0 Å². The molecule has 24 heavy (non-hydrogen) atoms. The molecular formula is C20H25ClN2O. The fourth-order valence-corrected chi connectivity index (χ4v) is 2.94. The molecule has 0 aliphatic heterocycles. The van der Waals surface area contributed by atoms with Gasteiger partial charge in [-0.2, -0.15) is 0 Å². The molecule has 3 nitrogen and oxygen atoms in total. The van der Waals surface area contributed by atoms with E-state index in [1.54, 1.807) is 6.92 Å². The van der Waals surface area contributed by atoms with Crippen molar-refractivity contribution in [3.05, 3.63) is 71.8 Å². The van der Waals surface area contributed by atoms with Crippen molar-refractivity contribution >= 4 is 18.3 Å². The van der Waals surface area contributed by atoms with E-state index in [4.69, 9.17) is 5.73 Å². The average Bonchev–Trinajstić information content (AvgIpc) is 3.41. The topological polar surface area (TPSA) is 55.1 Å². The number of amides is 1. The Labute approximate surface area is 150 Å². The molecule has 128 valence electrons. The molecule has 2 aromatic rings. The molecule has 2 unspecified atom stereocenters. The van der Waals surface area contributed by atoms with E-state index in [0.29, 0.717) is 5.92 Å². The summed E-state index contributed by atoms with van der Waals surface area (Å²) in [4.78, 5) is 12.8. The minimum Gasteiger partial charge on any atom is -0.351 e. The van der Waals surface area contributed by atoms with E-state index < -0.39 is 5.54 Å². The molecule has 0 aromatic heterocycles. The molecule has 1 aliphatic rings. The van der Waals surface area contributed by atoms with Gasteiger partial charge in [-0.15, -0.1) is 12.4 Å². The second kappa shape index (κ2) is 7.82. The van der Waals surface area contributed by atoms with E-state index in [1.165, 1.54) is 18.4 Å². The average molecular weight is 345 g/mol. The number of hydrogen-bond donors (Lipinski definition) is 2. The summed E-state index contributed by atoms with van der Waals surface area (Å²) in [6.45, 7) is 1.78. The lowest BCUT2D eigenvalue weighted by molar-refractivity contribution is -0.127. The highest BCUT2D eigenvalue weighted by molar-refractivity contribution is 5.87. The number of nitrogens with two attached hydrogens (primary N) is 1.